The molecular formula is C11H18N4O2. The summed E-state index contributed by atoms with van der Waals surface area (Å²) < 4.78 is 1.54. The molecule has 0 atom stereocenters. The molecule has 0 aliphatic carbocycles. The number of nitrogens with zero attached hydrogens (tertiary/aromatic N) is 4. The summed E-state index contributed by atoms with van der Waals surface area (Å²) in [6, 6.07) is 0. The van der Waals surface area contributed by atoms with Gasteiger partial charge in [0.25, 0.3) is 5.56 Å². The minimum Gasteiger partial charge on any atom is -0.395 e. The average molecular weight is 238 g/mol. The number of rotatable bonds is 3. The van der Waals surface area contributed by atoms with Crippen molar-refractivity contribution >= 4 is 5.82 Å². The number of aromatic nitrogens is 2. The summed E-state index contributed by atoms with van der Waals surface area (Å²) in [5.41, 5.74) is -0.0527. The molecule has 2 rings (SSSR count). The molecule has 0 spiro atoms. The van der Waals surface area contributed by atoms with Crippen molar-refractivity contribution in [3.05, 3.63) is 22.7 Å². The van der Waals surface area contributed by atoms with Gasteiger partial charge < -0.3 is 14.6 Å². The summed E-state index contributed by atoms with van der Waals surface area (Å²) in [5.74, 6) is 0.527. The Morgan fingerprint density at radius 2 is 2.06 bits per heavy atom. The molecule has 6 nitrogen and oxygen atoms in total. The highest BCUT2D eigenvalue weighted by Gasteiger charge is 2.19. The number of hydrogen-bond acceptors (Lipinski definition) is 5. The largest absolute Gasteiger partial charge is 0.395 e. The van der Waals surface area contributed by atoms with Gasteiger partial charge in [-0.2, -0.15) is 0 Å². The van der Waals surface area contributed by atoms with Crippen LogP contribution in [0.15, 0.2) is 17.2 Å². The molecule has 0 unspecified atom stereocenters. The van der Waals surface area contributed by atoms with Gasteiger partial charge in [0, 0.05) is 52.2 Å². The van der Waals surface area contributed by atoms with Crippen molar-refractivity contribution in [2.45, 2.75) is 0 Å². The molecule has 0 bridgehead atoms. The zero-order chi connectivity index (χ0) is 12.3. The monoisotopic (exact) mass is 238 g/mol. The number of hydrogen-bond donors (Lipinski definition) is 1. The molecule has 1 fully saturated rings. The van der Waals surface area contributed by atoms with Gasteiger partial charge in [0.15, 0.2) is 5.82 Å². The van der Waals surface area contributed by atoms with E-state index in [2.05, 4.69) is 9.88 Å². The second-order valence-electron chi connectivity index (χ2n) is 4.22. The van der Waals surface area contributed by atoms with Crippen molar-refractivity contribution in [1.82, 2.24) is 14.5 Å². The molecule has 94 valence electrons. The molecule has 0 aromatic carbocycles. The van der Waals surface area contributed by atoms with Gasteiger partial charge in [0.05, 0.1) is 6.61 Å². The number of aliphatic hydroxyl groups excluding tert-OH is 1. The van der Waals surface area contributed by atoms with Gasteiger partial charge in [-0.3, -0.25) is 9.69 Å². The molecule has 17 heavy (non-hydrogen) atoms. The molecule has 1 aliphatic heterocycles. The van der Waals surface area contributed by atoms with Crippen molar-refractivity contribution in [2.75, 3.05) is 44.2 Å². The zero-order valence-electron chi connectivity index (χ0n) is 10.0. The Labute approximate surface area is 100 Å². The summed E-state index contributed by atoms with van der Waals surface area (Å²) in [4.78, 5) is 20.2. The van der Waals surface area contributed by atoms with Crippen LogP contribution in [0.25, 0.3) is 0 Å². The Bertz CT molecular complexity index is 424. The number of piperazine rings is 1. The lowest BCUT2D eigenvalue weighted by Gasteiger charge is -2.34. The Balaban J connectivity index is 2.06. The SMILES string of the molecule is Cn1ccnc(N2CCN(CCO)CC2)c1=O. The molecule has 1 aromatic heterocycles. The van der Waals surface area contributed by atoms with Crippen LogP contribution in [0.4, 0.5) is 5.82 Å². The molecule has 0 amide bonds. The van der Waals surface area contributed by atoms with Crippen molar-refractivity contribution < 1.29 is 5.11 Å². The van der Waals surface area contributed by atoms with Crippen LogP contribution in [0.5, 0.6) is 0 Å². The fourth-order valence-electron chi connectivity index (χ4n) is 2.03. The Hall–Kier alpha value is -1.40. The van der Waals surface area contributed by atoms with Gasteiger partial charge in [-0.15, -0.1) is 0 Å². The highest BCUT2D eigenvalue weighted by molar-refractivity contribution is 5.36. The molecule has 6 heteroatoms. The molecular weight excluding hydrogens is 220 g/mol. The minimum absolute atomic E-state index is 0.0527. The second kappa shape index (κ2) is 5.29. The van der Waals surface area contributed by atoms with Gasteiger partial charge >= 0.3 is 0 Å². The summed E-state index contributed by atoms with van der Waals surface area (Å²) in [6.45, 7) is 4.18. The summed E-state index contributed by atoms with van der Waals surface area (Å²) in [6.07, 6.45) is 3.31. The summed E-state index contributed by atoms with van der Waals surface area (Å²) >= 11 is 0. The first-order valence-corrected chi connectivity index (χ1v) is 5.82. The van der Waals surface area contributed by atoms with Crippen molar-refractivity contribution in [1.29, 1.82) is 0 Å². The molecule has 1 N–H and O–H groups in total. The van der Waals surface area contributed by atoms with Crippen LogP contribution in [-0.4, -0.2) is 58.9 Å². The molecule has 1 saturated heterocycles. The maximum atomic E-state index is 11.9. The predicted octanol–water partition coefficient (Wildman–Crippen LogP) is -1.11. The third kappa shape index (κ3) is 2.65. The van der Waals surface area contributed by atoms with Crippen LogP contribution in [0.3, 0.4) is 0 Å². The standard InChI is InChI=1S/C11H18N4O2/c1-13-3-2-12-10(11(13)17)15-6-4-14(5-7-15)8-9-16/h2-3,16H,4-9H2,1H3. The molecule has 2 heterocycles. The number of aryl methyl sites for hydroxylation is 1. The molecule has 0 saturated carbocycles. The lowest BCUT2D eigenvalue weighted by molar-refractivity contribution is 0.188. The van der Waals surface area contributed by atoms with Crippen LogP contribution in [0.2, 0.25) is 0 Å². The first kappa shape index (κ1) is 12.1. The van der Waals surface area contributed by atoms with Crippen LogP contribution < -0.4 is 10.5 Å². The van der Waals surface area contributed by atoms with Crippen molar-refractivity contribution in [2.24, 2.45) is 7.05 Å². The first-order chi connectivity index (χ1) is 8.22. The van der Waals surface area contributed by atoms with Gasteiger partial charge in [-0.1, -0.05) is 0 Å². The van der Waals surface area contributed by atoms with Crippen LogP contribution in [-0.2, 0) is 7.05 Å². The highest BCUT2D eigenvalue weighted by Crippen LogP contribution is 2.07. The van der Waals surface area contributed by atoms with E-state index in [1.807, 2.05) is 4.90 Å². The Morgan fingerprint density at radius 1 is 1.35 bits per heavy atom. The van der Waals surface area contributed by atoms with E-state index in [0.29, 0.717) is 12.4 Å². The number of aliphatic hydroxyl groups is 1. The molecule has 1 aromatic rings. The van der Waals surface area contributed by atoms with E-state index in [-0.39, 0.29) is 12.2 Å². The van der Waals surface area contributed by atoms with Gasteiger partial charge in [0.1, 0.15) is 0 Å². The third-order valence-electron chi connectivity index (χ3n) is 3.09. The van der Waals surface area contributed by atoms with Crippen LogP contribution in [0, 0.1) is 0 Å². The molecule has 1 aliphatic rings. The summed E-state index contributed by atoms with van der Waals surface area (Å²) in [5, 5.41) is 8.86. The predicted molar refractivity (Wildman–Crippen MR) is 65.2 cm³/mol. The van der Waals surface area contributed by atoms with E-state index in [1.54, 1.807) is 24.0 Å². The maximum absolute atomic E-state index is 11.9. The maximum Gasteiger partial charge on any atom is 0.293 e. The fourth-order valence-corrected chi connectivity index (χ4v) is 2.03. The average Bonchev–Trinajstić information content (AvgIpc) is 2.34. The summed E-state index contributed by atoms with van der Waals surface area (Å²) in [7, 11) is 1.73. The van der Waals surface area contributed by atoms with Gasteiger partial charge in [-0.25, -0.2) is 4.98 Å². The van der Waals surface area contributed by atoms with E-state index < -0.39 is 0 Å². The van der Waals surface area contributed by atoms with E-state index >= 15 is 0 Å². The van der Waals surface area contributed by atoms with Crippen molar-refractivity contribution in [3.8, 4) is 0 Å². The van der Waals surface area contributed by atoms with Gasteiger partial charge in [-0.05, 0) is 0 Å². The highest BCUT2D eigenvalue weighted by atomic mass is 16.3. The van der Waals surface area contributed by atoms with E-state index in [4.69, 9.17) is 5.11 Å². The number of β-amino-alcohol motifs (C(OH)–C–C–N with tert-alkyl or cyclic N) is 1. The van der Waals surface area contributed by atoms with Crippen LogP contribution in [0.1, 0.15) is 0 Å². The lowest BCUT2D eigenvalue weighted by atomic mass is 10.3. The number of anilines is 1. The van der Waals surface area contributed by atoms with Crippen molar-refractivity contribution in [3.63, 3.8) is 0 Å². The van der Waals surface area contributed by atoms with Crippen LogP contribution >= 0.6 is 0 Å². The molecule has 0 radical (unpaired) electrons. The smallest absolute Gasteiger partial charge is 0.293 e. The normalized spacial score (nSPS) is 17.4. The third-order valence-corrected chi connectivity index (χ3v) is 3.09. The first-order valence-electron chi connectivity index (χ1n) is 5.82. The van der Waals surface area contributed by atoms with E-state index in [0.717, 1.165) is 26.2 Å². The van der Waals surface area contributed by atoms with Gasteiger partial charge in [0.2, 0.25) is 0 Å². The Kier molecular flexibility index (Phi) is 3.75. The Morgan fingerprint density at radius 3 is 2.71 bits per heavy atom. The quantitative estimate of drug-likeness (QED) is 0.724. The lowest BCUT2D eigenvalue weighted by Crippen LogP contribution is -2.49. The second-order valence-corrected chi connectivity index (χ2v) is 4.22. The van der Waals surface area contributed by atoms with E-state index in [1.165, 1.54) is 0 Å². The zero-order valence-corrected chi connectivity index (χ0v) is 10.0. The van der Waals surface area contributed by atoms with E-state index in [9.17, 15) is 4.79 Å². The topological polar surface area (TPSA) is 61.6 Å². The minimum atomic E-state index is -0.0527. The fraction of sp³-hybridized carbons (Fsp3) is 0.636.